The van der Waals surface area contributed by atoms with E-state index in [9.17, 15) is 0 Å². The molecule has 3 aromatic heterocycles. The summed E-state index contributed by atoms with van der Waals surface area (Å²) >= 11 is 1.77. The number of anilines is 1. The molecule has 1 saturated heterocycles. The molecule has 1 aliphatic rings. The van der Waals surface area contributed by atoms with Crippen molar-refractivity contribution in [1.29, 1.82) is 0 Å². The number of fused-ring (bicyclic) bond motifs is 1. The molecular formula is C16H19N5S. The molecule has 0 amide bonds. The molecular weight excluding hydrogens is 294 g/mol. The van der Waals surface area contributed by atoms with Gasteiger partial charge in [-0.25, -0.2) is 4.98 Å². The minimum Gasteiger partial charge on any atom is -0.384 e. The molecule has 1 aliphatic heterocycles. The number of aromatic nitrogens is 3. The molecule has 4 heterocycles. The molecule has 3 aromatic rings. The van der Waals surface area contributed by atoms with Crippen LogP contribution in [0.3, 0.4) is 0 Å². The van der Waals surface area contributed by atoms with E-state index in [1.54, 1.807) is 11.3 Å². The van der Waals surface area contributed by atoms with E-state index < -0.39 is 0 Å². The molecule has 4 rings (SSSR count). The number of rotatable bonds is 3. The number of aromatic amines is 1. The van der Waals surface area contributed by atoms with Gasteiger partial charge in [-0.2, -0.15) is 16.4 Å². The van der Waals surface area contributed by atoms with Gasteiger partial charge in [-0.3, -0.25) is 10.00 Å². The molecule has 1 unspecified atom stereocenters. The zero-order chi connectivity index (χ0) is 14.9. The van der Waals surface area contributed by atoms with E-state index in [1.165, 1.54) is 24.9 Å². The van der Waals surface area contributed by atoms with Crippen molar-refractivity contribution in [2.24, 2.45) is 0 Å². The Kier molecular flexibility index (Phi) is 3.56. The molecule has 0 radical (unpaired) electrons. The number of hydrogen-bond donors (Lipinski definition) is 2. The molecule has 0 bridgehead atoms. The fourth-order valence-electron chi connectivity index (χ4n) is 3.24. The quantitative estimate of drug-likeness (QED) is 0.780. The van der Waals surface area contributed by atoms with E-state index in [2.05, 4.69) is 38.0 Å². The number of nitrogen functional groups attached to an aromatic ring is 1. The van der Waals surface area contributed by atoms with E-state index >= 15 is 0 Å². The highest BCUT2D eigenvalue weighted by Gasteiger charge is 2.23. The standard InChI is InChI=1S/C16H19N5S/c17-15-13-3-4-14(18-16(13)20-19-15)12-2-1-6-21(9-12)8-11-5-7-22-10-11/h3-5,7,10,12H,1-2,6,8-9H2,(H3,17,18,19,20). The van der Waals surface area contributed by atoms with Crippen LogP contribution in [0.4, 0.5) is 5.82 Å². The molecule has 22 heavy (non-hydrogen) atoms. The summed E-state index contributed by atoms with van der Waals surface area (Å²) in [6.45, 7) is 3.27. The smallest absolute Gasteiger partial charge is 0.183 e. The molecule has 114 valence electrons. The maximum absolute atomic E-state index is 5.84. The van der Waals surface area contributed by atoms with E-state index in [1.807, 2.05) is 6.07 Å². The summed E-state index contributed by atoms with van der Waals surface area (Å²) in [6, 6.07) is 6.35. The zero-order valence-electron chi connectivity index (χ0n) is 12.3. The van der Waals surface area contributed by atoms with Crippen LogP contribution in [0.5, 0.6) is 0 Å². The third kappa shape index (κ3) is 2.60. The Hall–Kier alpha value is -1.92. The lowest BCUT2D eigenvalue weighted by molar-refractivity contribution is 0.199. The minimum absolute atomic E-state index is 0.481. The maximum Gasteiger partial charge on any atom is 0.183 e. The van der Waals surface area contributed by atoms with Crippen LogP contribution in [0.2, 0.25) is 0 Å². The van der Waals surface area contributed by atoms with Crippen molar-refractivity contribution >= 4 is 28.2 Å². The Morgan fingerprint density at radius 3 is 3.18 bits per heavy atom. The van der Waals surface area contributed by atoms with Crippen molar-refractivity contribution in [1.82, 2.24) is 20.1 Å². The molecule has 0 saturated carbocycles. The predicted molar refractivity (Wildman–Crippen MR) is 89.9 cm³/mol. The van der Waals surface area contributed by atoms with Gasteiger partial charge in [0.05, 0.1) is 5.39 Å². The van der Waals surface area contributed by atoms with Gasteiger partial charge in [0.1, 0.15) is 5.82 Å². The fourth-order valence-corrected chi connectivity index (χ4v) is 3.90. The van der Waals surface area contributed by atoms with Gasteiger partial charge in [0.2, 0.25) is 0 Å². The molecule has 1 atom stereocenters. The Labute approximate surface area is 133 Å². The van der Waals surface area contributed by atoms with Crippen LogP contribution >= 0.6 is 11.3 Å². The molecule has 3 N–H and O–H groups in total. The molecule has 5 nitrogen and oxygen atoms in total. The average Bonchev–Trinajstić information content (AvgIpc) is 3.18. The van der Waals surface area contributed by atoms with Crippen LogP contribution < -0.4 is 5.73 Å². The number of nitrogens with one attached hydrogen (secondary N) is 1. The summed E-state index contributed by atoms with van der Waals surface area (Å²) in [5.41, 5.74) is 9.11. The number of hydrogen-bond acceptors (Lipinski definition) is 5. The van der Waals surface area contributed by atoms with Crippen molar-refractivity contribution in [2.75, 3.05) is 18.8 Å². The van der Waals surface area contributed by atoms with Gasteiger partial charge in [-0.15, -0.1) is 0 Å². The summed E-state index contributed by atoms with van der Waals surface area (Å²) in [4.78, 5) is 7.23. The number of likely N-dealkylation sites (tertiary alicyclic amines) is 1. The average molecular weight is 313 g/mol. The van der Waals surface area contributed by atoms with E-state index in [4.69, 9.17) is 10.7 Å². The van der Waals surface area contributed by atoms with Gasteiger partial charge in [0.25, 0.3) is 0 Å². The maximum atomic E-state index is 5.84. The Bertz CT molecular complexity index is 764. The van der Waals surface area contributed by atoms with Crippen molar-refractivity contribution in [3.8, 4) is 0 Å². The largest absolute Gasteiger partial charge is 0.384 e. The molecule has 0 aliphatic carbocycles. The Morgan fingerprint density at radius 2 is 2.32 bits per heavy atom. The van der Waals surface area contributed by atoms with Gasteiger partial charge in [-0.05, 0) is 53.9 Å². The van der Waals surface area contributed by atoms with Crippen LogP contribution in [0.25, 0.3) is 11.0 Å². The summed E-state index contributed by atoms with van der Waals surface area (Å²) in [7, 11) is 0. The third-order valence-electron chi connectivity index (χ3n) is 4.38. The summed E-state index contributed by atoms with van der Waals surface area (Å²) in [5, 5.41) is 12.3. The normalized spacial score (nSPS) is 19.7. The number of thiophene rings is 1. The van der Waals surface area contributed by atoms with E-state index in [0.29, 0.717) is 11.7 Å². The topological polar surface area (TPSA) is 70.8 Å². The van der Waals surface area contributed by atoms with Crippen LogP contribution in [-0.4, -0.2) is 33.2 Å². The van der Waals surface area contributed by atoms with Gasteiger partial charge in [-0.1, -0.05) is 0 Å². The highest BCUT2D eigenvalue weighted by molar-refractivity contribution is 7.07. The lowest BCUT2D eigenvalue weighted by Gasteiger charge is -2.32. The zero-order valence-corrected chi connectivity index (χ0v) is 13.1. The van der Waals surface area contributed by atoms with Crippen LogP contribution in [0, 0.1) is 0 Å². The second-order valence-electron chi connectivity index (χ2n) is 5.95. The Balaban J connectivity index is 1.53. The SMILES string of the molecule is Nc1[nH]nc2nc(C3CCCN(Cc4ccsc4)C3)ccc12. The van der Waals surface area contributed by atoms with Crippen molar-refractivity contribution in [2.45, 2.75) is 25.3 Å². The minimum atomic E-state index is 0.481. The third-order valence-corrected chi connectivity index (χ3v) is 5.11. The van der Waals surface area contributed by atoms with Gasteiger partial charge < -0.3 is 5.73 Å². The van der Waals surface area contributed by atoms with Crippen molar-refractivity contribution in [3.05, 3.63) is 40.2 Å². The first-order valence-corrected chi connectivity index (χ1v) is 8.58. The molecule has 6 heteroatoms. The summed E-state index contributed by atoms with van der Waals surface area (Å²) < 4.78 is 0. The van der Waals surface area contributed by atoms with Gasteiger partial charge in [0, 0.05) is 24.7 Å². The monoisotopic (exact) mass is 313 g/mol. The predicted octanol–water partition coefficient (Wildman–Crippen LogP) is 2.98. The second kappa shape index (κ2) is 5.70. The lowest BCUT2D eigenvalue weighted by atomic mass is 9.94. The van der Waals surface area contributed by atoms with Crippen LogP contribution in [0.1, 0.15) is 30.0 Å². The van der Waals surface area contributed by atoms with E-state index in [0.717, 1.165) is 29.8 Å². The number of nitrogens with two attached hydrogens (primary N) is 1. The molecule has 0 aromatic carbocycles. The van der Waals surface area contributed by atoms with Crippen molar-refractivity contribution < 1.29 is 0 Å². The number of H-pyrrole nitrogens is 1. The number of piperidine rings is 1. The van der Waals surface area contributed by atoms with Crippen molar-refractivity contribution in [3.63, 3.8) is 0 Å². The lowest BCUT2D eigenvalue weighted by Crippen LogP contribution is -2.34. The van der Waals surface area contributed by atoms with Gasteiger partial charge >= 0.3 is 0 Å². The highest BCUT2D eigenvalue weighted by Crippen LogP contribution is 2.28. The fraction of sp³-hybridized carbons (Fsp3) is 0.375. The van der Waals surface area contributed by atoms with Crippen LogP contribution in [0.15, 0.2) is 29.0 Å². The first kappa shape index (κ1) is 13.7. The van der Waals surface area contributed by atoms with E-state index in [-0.39, 0.29) is 0 Å². The van der Waals surface area contributed by atoms with Gasteiger partial charge in [0.15, 0.2) is 5.65 Å². The first-order chi connectivity index (χ1) is 10.8. The highest BCUT2D eigenvalue weighted by atomic mass is 32.1. The number of pyridine rings is 1. The summed E-state index contributed by atoms with van der Waals surface area (Å²) in [5.74, 6) is 1.08. The molecule has 0 spiro atoms. The van der Waals surface area contributed by atoms with Crippen LogP contribution in [-0.2, 0) is 6.54 Å². The summed E-state index contributed by atoms with van der Waals surface area (Å²) in [6.07, 6.45) is 2.41. The molecule has 1 fully saturated rings. The Morgan fingerprint density at radius 1 is 1.36 bits per heavy atom. The number of nitrogens with zero attached hydrogens (tertiary/aromatic N) is 3. The first-order valence-electron chi connectivity index (χ1n) is 7.63. The second-order valence-corrected chi connectivity index (χ2v) is 6.73.